The molecular weight excluding hydrogens is 222 g/mol. The summed E-state index contributed by atoms with van der Waals surface area (Å²) in [7, 11) is 1.70. The SMILES string of the molecule is COc1cccc(-c2cccc3c2CCC3N)c1. The van der Waals surface area contributed by atoms with E-state index in [1.54, 1.807) is 7.11 Å². The molecule has 1 unspecified atom stereocenters. The molecule has 2 heteroatoms. The van der Waals surface area contributed by atoms with Crippen molar-refractivity contribution in [1.29, 1.82) is 0 Å². The second-order valence-electron chi connectivity index (χ2n) is 4.75. The average molecular weight is 239 g/mol. The largest absolute Gasteiger partial charge is 0.497 e. The Morgan fingerprint density at radius 3 is 2.83 bits per heavy atom. The molecular formula is C16H17NO. The summed E-state index contributed by atoms with van der Waals surface area (Å²) in [5.74, 6) is 0.896. The van der Waals surface area contributed by atoms with E-state index in [2.05, 4.69) is 30.3 Å². The van der Waals surface area contributed by atoms with Gasteiger partial charge in [0.05, 0.1) is 7.11 Å². The predicted octanol–water partition coefficient (Wildman–Crippen LogP) is 3.31. The highest BCUT2D eigenvalue weighted by atomic mass is 16.5. The Hall–Kier alpha value is -1.80. The van der Waals surface area contributed by atoms with E-state index in [0.29, 0.717) is 0 Å². The van der Waals surface area contributed by atoms with Gasteiger partial charge in [0.2, 0.25) is 0 Å². The van der Waals surface area contributed by atoms with Crippen LogP contribution in [-0.4, -0.2) is 7.11 Å². The van der Waals surface area contributed by atoms with Crippen molar-refractivity contribution in [1.82, 2.24) is 0 Å². The lowest BCUT2D eigenvalue weighted by Crippen LogP contribution is -2.04. The van der Waals surface area contributed by atoms with Gasteiger partial charge in [-0.25, -0.2) is 0 Å². The highest BCUT2D eigenvalue weighted by Gasteiger charge is 2.21. The van der Waals surface area contributed by atoms with Crippen LogP contribution in [-0.2, 0) is 6.42 Å². The Morgan fingerprint density at radius 1 is 1.17 bits per heavy atom. The van der Waals surface area contributed by atoms with Gasteiger partial charge in [-0.2, -0.15) is 0 Å². The van der Waals surface area contributed by atoms with Crippen LogP contribution < -0.4 is 10.5 Å². The zero-order valence-corrected chi connectivity index (χ0v) is 10.5. The summed E-state index contributed by atoms with van der Waals surface area (Å²) >= 11 is 0. The molecule has 0 fully saturated rings. The summed E-state index contributed by atoms with van der Waals surface area (Å²) in [5, 5.41) is 0. The molecule has 3 rings (SSSR count). The lowest BCUT2D eigenvalue weighted by molar-refractivity contribution is 0.415. The van der Waals surface area contributed by atoms with Crippen LogP contribution in [0.15, 0.2) is 42.5 Å². The van der Waals surface area contributed by atoms with E-state index in [0.717, 1.165) is 18.6 Å². The number of hydrogen-bond donors (Lipinski definition) is 1. The first kappa shape index (κ1) is 11.3. The van der Waals surface area contributed by atoms with Crippen molar-refractivity contribution in [2.45, 2.75) is 18.9 Å². The van der Waals surface area contributed by atoms with Crippen molar-refractivity contribution < 1.29 is 4.74 Å². The Balaban J connectivity index is 2.12. The lowest BCUT2D eigenvalue weighted by atomic mass is 9.96. The Kier molecular flexibility index (Phi) is 2.80. The van der Waals surface area contributed by atoms with Crippen LogP contribution in [0, 0.1) is 0 Å². The molecule has 0 aromatic heterocycles. The molecule has 0 heterocycles. The minimum Gasteiger partial charge on any atom is -0.497 e. The number of ether oxygens (including phenoxy) is 1. The molecule has 2 aromatic rings. The Morgan fingerprint density at radius 2 is 2.00 bits per heavy atom. The first-order valence-corrected chi connectivity index (χ1v) is 6.31. The van der Waals surface area contributed by atoms with Crippen LogP contribution in [0.5, 0.6) is 5.75 Å². The molecule has 2 nitrogen and oxygen atoms in total. The maximum Gasteiger partial charge on any atom is 0.119 e. The smallest absolute Gasteiger partial charge is 0.119 e. The van der Waals surface area contributed by atoms with Crippen LogP contribution in [0.3, 0.4) is 0 Å². The normalized spacial score (nSPS) is 17.6. The molecule has 1 aliphatic rings. The van der Waals surface area contributed by atoms with Gasteiger partial charge in [0.1, 0.15) is 5.75 Å². The second-order valence-corrected chi connectivity index (χ2v) is 4.75. The maximum absolute atomic E-state index is 6.12. The summed E-state index contributed by atoms with van der Waals surface area (Å²) in [6, 6.07) is 14.8. The van der Waals surface area contributed by atoms with Gasteiger partial charge in [-0.3, -0.25) is 0 Å². The van der Waals surface area contributed by atoms with Crippen LogP contribution in [0.2, 0.25) is 0 Å². The zero-order chi connectivity index (χ0) is 12.5. The molecule has 2 N–H and O–H groups in total. The van der Waals surface area contributed by atoms with Crippen LogP contribution in [0.25, 0.3) is 11.1 Å². The molecule has 1 atom stereocenters. The summed E-state index contributed by atoms with van der Waals surface area (Å²) in [5.41, 5.74) is 11.3. The second kappa shape index (κ2) is 4.46. The Labute approximate surface area is 107 Å². The number of methoxy groups -OCH3 is 1. The number of fused-ring (bicyclic) bond motifs is 1. The fourth-order valence-corrected chi connectivity index (χ4v) is 2.75. The van der Waals surface area contributed by atoms with Gasteiger partial charge in [0.15, 0.2) is 0 Å². The monoisotopic (exact) mass is 239 g/mol. The lowest BCUT2D eigenvalue weighted by Gasteiger charge is -2.11. The number of rotatable bonds is 2. The van der Waals surface area contributed by atoms with Gasteiger partial charge in [-0.1, -0.05) is 30.3 Å². The van der Waals surface area contributed by atoms with Crippen LogP contribution in [0.1, 0.15) is 23.6 Å². The highest BCUT2D eigenvalue weighted by molar-refractivity contribution is 5.71. The van der Waals surface area contributed by atoms with Crippen LogP contribution in [0.4, 0.5) is 0 Å². The zero-order valence-electron chi connectivity index (χ0n) is 10.5. The molecule has 0 radical (unpaired) electrons. The molecule has 0 amide bonds. The third-order valence-corrected chi connectivity index (χ3v) is 3.70. The fraction of sp³-hybridized carbons (Fsp3) is 0.250. The van der Waals surface area contributed by atoms with Crippen molar-refractivity contribution in [3.63, 3.8) is 0 Å². The fourth-order valence-electron chi connectivity index (χ4n) is 2.75. The highest BCUT2D eigenvalue weighted by Crippen LogP contribution is 2.37. The van der Waals surface area contributed by atoms with Crippen molar-refractivity contribution in [3.8, 4) is 16.9 Å². The number of nitrogens with two attached hydrogens (primary N) is 1. The minimum atomic E-state index is 0.200. The molecule has 18 heavy (non-hydrogen) atoms. The topological polar surface area (TPSA) is 35.2 Å². The van der Waals surface area contributed by atoms with Crippen molar-refractivity contribution in [2.75, 3.05) is 7.11 Å². The van der Waals surface area contributed by atoms with E-state index in [4.69, 9.17) is 10.5 Å². The van der Waals surface area contributed by atoms with E-state index in [1.807, 2.05) is 12.1 Å². The summed E-state index contributed by atoms with van der Waals surface area (Å²) in [6.07, 6.45) is 2.13. The first-order chi connectivity index (χ1) is 8.79. The van der Waals surface area contributed by atoms with Gasteiger partial charge in [0.25, 0.3) is 0 Å². The van der Waals surface area contributed by atoms with E-state index < -0.39 is 0 Å². The molecule has 0 spiro atoms. The van der Waals surface area contributed by atoms with Crippen molar-refractivity contribution in [3.05, 3.63) is 53.6 Å². The van der Waals surface area contributed by atoms with E-state index >= 15 is 0 Å². The number of benzene rings is 2. The van der Waals surface area contributed by atoms with Gasteiger partial charge in [0, 0.05) is 6.04 Å². The Bertz CT molecular complexity index is 577. The quantitative estimate of drug-likeness (QED) is 0.872. The third kappa shape index (κ3) is 1.79. The molecule has 2 aromatic carbocycles. The third-order valence-electron chi connectivity index (χ3n) is 3.70. The first-order valence-electron chi connectivity index (χ1n) is 6.31. The van der Waals surface area contributed by atoms with Gasteiger partial charge < -0.3 is 10.5 Å². The molecule has 92 valence electrons. The van der Waals surface area contributed by atoms with E-state index in [9.17, 15) is 0 Å². The molecule has 1 aliphatic carbocycles. The summed E-state index contributed by atoms with van der Waals surface area (Å²) in [6.45, 7) is 0. The molecule has 0 aliphatic heterocycles. The van der Waals surface area contributed by atoms with E-state index in [-0.39, 0.29) is 6.04 Å². The standard InChI is InChI=1S/C16H17NO/c1-18-12-5-2-4-11(10-12)13-6-3-7-15-14(13)8-9-16(15)17/h2-7,10,16H,8-9,17H2,1H3. The summed E-state index contributed by atoms with van der Waals surface area (Å²) < 4.78 is 5.29. The molecule has 0 saturated heterocycles. The van der Waals surface area contributed by atoms with E-state index in [1.165, 1.54) is 22.3 Å². The average Bonchev–Trinajstić information content (AvgIpc) is 2.81. The number of hydrogen-bond acceptors (Lipinski definition) is 2. The van der Waals surface area contributed by atoms with Gasteiger partial charge in [-0.05, 0) is 47.2 Å². The summed E-state index contributed by atoms with van der Waals surface area (Å²) in [4.78, 5) is 0. The van der Waals surface area contributed by atoms with Crippen LogP contribution >= 0.6 is 0 Å². The molecule has 0 bridgehead atoms. The maximum atomic E-state index is 6.12. The minimum absolute atomic E-state index is 0.200. The van der Waals surface area contributed by atoms with Crippen molar-refractivity contribution in [2.24, 2.45) is 5.73 Å². The van der Waals surface area contributed by atoms with Gasteiger partial charge in [-0.15, -0.1) is 0 Å². The molecule has 0 saturated carbocycles. The predicted molar refractivity (Wildman–Crippen MR) is 73.7 cm³/mol. The van der Waals surface area contributed by atoms with Crippen molar-refractivity contribution >= 4 is 0 Å². The van der Waals surface area contributed by atoms with Gasteiger partial charge >= 0.3 is 0 Å².